The van der Waals surface area contributed by atoms with E-state index in [1.807, 2.05) is 12.3 Å². The number of halogens is 1. The van der Waals surface area contributed by atoms with Gasteiger partial charge in [0.25, 0.3) is 0 Å². The molecule has 0 amide bonds. The van der Waals surface area contributed by atoms with Crippen LogP contribution in [-0.2, 0) is 6.61 Å². The predicted octanol–water partition coefficient (Wildman–Crippen LogP) is 3.51. The molecule has 0 radical (unpaired) electrons. The minimum atomic E-state index is 0.315. The lowest BCUT2D eigenvalue weighted by Crippen LogP contribution is -1.99. The number of hydrogen-bond donors (Lipinski definition) is 0. The summed E-state index contributed by atoms with van der Waals surface area (Å²) in [5.74, 6) is 0.852. The van der Waals surface area contributed by atoms with Crippen LogP contribution in [-0.4, -0.2) is 18.4 Å². The molecule has 0 spiro atoms. The molecule has 0 saturated heterocycles. The maximum absolute atomic E-state index is 10.8. The minimum absolute atomic E-state index is 0.315. The summed E-state index contributed by atoms with van der Waals surface area (Å²) >= 11 is 7.60. The van der Waals surface area contributed by atoms with Gasteiger partial charge in [0.2, 0.25) is 0 Å². The SMILES string of the molecule is COc1cc(C=O)cc(Cl)c1OCc1nc(C)cs1. The van der Waals surface area contributed by atoms with Crippen LogP contribution in [0.15, 0.2) is 17.5 Å². The lowest BCUT2D eigenvalue weighted by molar-refractivity contribution is 0.112. The van der Waals surface area contributed by atoms with Crippen molar-refractivity contribution in [3.05, 3.63) is 38.8 Å². The number of aldehydes is 1. The standard InChI is InChI=1S/C13H12ClNO3S/c1-8-7-19-12(15-8)6-18-13-10(14)3-9(5-16)4-11(13)17-2/h3-5,7H,6H2,1-2H3. The van der Waals surface area contributed by atoms with Gasteiger partial charge in [-0.05, 0) is 19.1 Å². The van der Waals surface area contributed by atoms with E-state index >= 15 is 0 Å². The second-order valence-corrected chi connectivity index (χ2v) is 5.17. The fourth-order valence-electron chi connectivity index (χ4n) is 1.55. The minimum Gasteiger partial charge on any atom is -0.493 e. The molecule has 0 saturated carbocycles. The van der Waals surface area contributed by atoms with Crippen molar-refractivity contribution in [2.24, 2.45) is 0 Å². The number of thiazole rings is 1. The number of carbonyl (C=O) groups excluding carboxylic acids is 1. The van der Waals surface area contributed by atoms with E-state index in [0.29, 0.717) is 35.0 Å². The fourth-order valence-corrected chi connectivity index (χ4v) is 2.51. The summed E-state index contributed by atoms with van der Waals surface area (Å²) < 4.78 is 10.8. The van der Waals surface area contributed by atoms with Gasteiger partial charge in [0.05, 0.1) is 12.1 Å². The van der Waals surface area contributed by atoms with Gasteiger partial charge < -0.3 is 9.47 Å². The Hall–Kier alpha value is -1.59. The summed E-state index contributed by atoms with van der Waals surface area (Å²) in [6.07, 6.45) is 0.711. The molecular weight excluding hydrogens is 286 g/mol. The number of carbonyl (C=O) groups is 1. The topological polar surface area (TPSA) is 48.4 Å². The van der Waals surface area contributed by atoms with Crippen LogP contribution < -0.4 is 9.47 Å². The van der Waals surface area contributed by atoms with Crippen LogP contribution in [0.5, 0.6) is 11.5 Å². The summed E-state index contributed by atoms with van der Waals surface area (Å²) in [6, 6.07) is 3.13. The summed E-state index contributed by atoms with van der Waals surface area (Å²) in [6.45, 7) is 2.24. The average molecular weight is 298 g/mol. The molecule has 19 heavy (non-hydrogen) atoms. The summed E-state index contributed by atoms with van der Waals surface area (Å²) in [7, 11) is 1.50. The molecule has 0 bridgehead atoms. The molecule has 100 valence electrons. The molecule has 6 heteroatoms. The van der Waals surface area contributed by atoms with Gasteiger partial charge in [-0.1, -0.05) is 11.6 Å². The first-order chi connectivity index (χ1) is 9.13. The second kappa shape index (κ2) is 6.04. The highest BCUT2D eigenvalue weighted by Crippen LogP contribution is 2.36. The van der Waals surface area contributed by atoms with Crippen molar-refractivity contribution in [3.63, 3.8) is 0 Å². The summed E-state index contributed by atoms with van der Waals surface area (Å²) in [4.78, 5) is 15.1. The molecule has 0 N–H and O–H groups in total. The average Bonchev–Trinajstić information content (AvgIpc) is 2.82. The first kappa shape index (κ1) is 13.8. The van der Waals surface area contributed by atoms with E-state index in [4.69, 9.17) is 21.1 Å². The van der Waals surface area contributed by atoms with Crippen LogP contribution in [0.4, 0.5) is 0 Å². The van der Waals surface area contributed by atoms with Gasteiger partial charge in [0.1, 0.15) is 17.9 Å². The molecule has 1 aromatic heterocycles. The number of nitrogens with zero attached hydrogens (tertiary/aromatic N) is 1. The maximum atomic E-state index is 10.8. The Labute approximate surface area is 120 Å². The zero-order chi connectivity index (χ0) is 13.8. The number of aryl methyl sites for hydroxylation is 1. The molecular formula is C13H12ClNO3S. The van der Waals surface area contributed by atoms with Crippen molar-refractivity contribution < 1.29 is 14.3 Å². The Balaban J connectivity index is 2.21. The van der Waals surface area contributed by atoms with E-state index in [2.05, 4.69) is 4.98 Å². The van der Waals surface area contributed by atoms with Crippen molar-refractivity contribution in [1.29, 1.82) is 0 Å². The normalized spacial score (nSPS) is 10.3. The molecule has 2 aromatic rings. The number of aromatic nitrogens is 1. The third kappa shape index (κ3) is 3.24. The van der Waals surface area contributed by atoms with Crippen LogP contribution >= 0.6 is 22.9 Å². The Morgan fingerprint density at radius 3 is 2.84 bits per heavy atom. The molecule has 0 unspecified atom stereocenters. The van der Waals surface area contributed by atoms with Crippen LogP contribution in [0.2, 0.25) is 5.02 Å². The van der Waals surface area contributed by atoms with Gasteiger partial charge >= 0.3 is 0 Å². The highest BCUT2D eigenvalue weighted by Gasteiger charge is 2.12. The van der Waals surface area contributed by atoms with Gasteiger partial charge in [0.15, 0.2) is 11.5 Å². The van der Waals surface area contributed by atoms with Crippen LogP contribution in [0.1, 0.15) is 21.1 Å². The lowest BCUT2D eigenvalue weighted by Gasteiger charge is -2.11. The van der Waals surface area contributed by atoms with Gasteiger partial charge in [-0.2, -0.15) is 0 Å². The zero-order valence-electron chi connectivity index (χ0n) is 10.5. The molecule has 0 fully saturated rings. The molecule has 1 heterocycles. The highest BCUT2D eigenvalue weighted by molar-refractivity contribution is 7.09. The quantitative estimate of drug-likeness (QED) is 0.793. The van der Waals surface area contributed by atoms with E-state index in [1.54, 1.807) is 12.1 Å². The van der Waals surface area contributed by atoms with Crippen molar-refractivity contribution in [2.45, 2.75) is 13.5 Å². The number of benzene rings is 1. The Morgan fingerprint density at radius 2 is 2.26 bits per heavy atom. The summed E-state index contributed by atoms with van der Waals surface area (Å²) in [5, 5.41) is 3.15. The van der Waals surface area contributed by atoms with Crippen LogP contribution in [0, 0.1) is 6.92 Å². The van der Waals surface area contributed by atoms with Crippen LogP contribution in [0.3, 0.4) is 0 Å². The van der Waals surface area contributed by atoms with Crippen molar-refractivity contribution in [2.75, 3.05) is 7.11 Å². The van der Waals surface area contributed by atoms with Gasteiger partial charge in [-0.15, -0.1) is 11.3 Å². The number of methoxy groups -OCH3 is 1. The molecule has 0 aliphatic rings. The van der Waals surface area contributed by atoms with Crippen molar-refractivity contribution in [3.8, 4) is 11.5 Å². The van der Waals surface area contributed by atoms with Gasteiger partial charge in [-0.25, -0.2) is 4.98 Å². The molecule has 0 aliphatic carbocycles. The zero-order valence-corrected chi connectivity index (χ0v) is 12.0. The third-order valence-corrected chi connectivity index (χ3v) is 3.62. The lowest BCUT2D eigenvalue weighted by atomic mass is 10.2. The number of rotatable bonds is 5. The predicted molar refractivity (Wildman–Crippen MR) is 74.6 cm³/mol. The van der Waals surface area contributed by atoms with E-state index in [9.17, 15) is 4.79 Å². The molecule has 2 rings (SSSR count). The van der Waals surface area contributed by atoms with E-state index in [-0.39, 0.29) is 0 Å². The monoisotopic (exact) mass is 297 g/mol. The molecule has 0 atom stereocenters. The number of hydrogen-bond acceptors (Lipinski definition) is 5. The maximum Gasteiger partial charge on any atom is 0.180 e. The van der Waals surface area contributed by atoms with E-state index in [1.165, 1.54) is 18.4 Å². The van der Waals surface area contributed by atoms with Gasteiger partial charge in [-0.3, -0.25) is 4.79 Å². The van der Waals surface area contributed by atoms with E-state index in [0.717, 1.165) is 10.7 Å². The van der Waals surface area contributed by atoms with Crippen molar-refractivity contribution >= 4 is 29.2 Å². The fraction of sp³-hybridized carbons (Fsp3) is 0.231. The Kier molecular flexibility index (Phi) is 4.39. The smallest absolute Gasteiger partial charge is 0.180 e. The molecule has 0 aliphatic heterocycles. The first-order valence-corrected chi connectivity index (χ1v) is 6.76. The molecule has 1 aromatic carbocycles. The van der Waals surface area contributed by atoms with Crippen molar-refractivity contribution in [1.82, 2.24) is 4.98 Å². The second-order valence-electron chi connectivity index (χ2n) is 3.82. The van der Waals surface area contributed by atoms with Crippen LogP contribution in [0.25, 0.3) is 0 Å². The largest absolute Gasteiger partial charge is 0.493 e. The Bertz CT molecular complexity index is 598. The van der Waals surface area contributed by atoms with E-state index < -0.39 is 0 Å². The van der Waals surface area contributed by atoms with Gasteiger partial charge in [0, 0.05) is 16.6 Å². The summed E-state index contributed by atoms with van der Waals surface area (Å²) in [5.41, 5.74) is 1.40. The third-order valence-electron chi connectivity index (χ3n) is 2.39. The highest BCUT2D eigenvalue weighted by atomic mass is 35.5. The first-order valence-electron chi connectivity index (χ1n) is 5.50. The number of ether oxygens (including phenoxy) is 2. The molecule has 4 nitrogen and oxygen atoms in total. The Morgan fingerprint density at radius 1 is 1.47 bits per heavy atom.